The molecule has 48 heavy (non-hydrogen) atoms. The van der Waals surface area contributed by atoms with E-state index >= 15 is 0 Å². The Kier molecular flexibility index (Phi) is 4.59. The van der Waals surface area contributed by atoms with E-state index in [-0.39, 0.29) is 58.6 Å². The zero-order valence-corrected chi connectivity index (χ0v) is 25.8. The molecule has 3 heteroatoms. The first-order valence-corrected chi connectivity index (χ1v) is 15.9. The molecule has 0 aliphatic heterocycles. The van der Waals surface area contributed by atoms with Crippen molar-refractivity contribution in [1.29, 1.82) is 0 Å². The first kappa shape index (κ1) is 18.6. The highest BCUT2D eigenvalue weighted by molar-refractivity contribution is 5.88. The average molecular weight is 630 g/mol. The summed E-state index contributed by atoms with van der Waals surface area (Å²) in [7, 11) is 0. The van der Waals surface area contributed by atoms with E-state index in [1.54, 1.807) is 78.9 Å². The van der Waals surface area contributed by atoms with E-state index in [1.807, 2.05) is 24.3 Å². The van der Waals surface area contributed by atoms with Gasteiger partial charge in [0, 0.05) is 27.6 Å². The van der Waals surface area contributed by atoms with Gasteiger partial charge < -0.3 is 0 Å². The minimum atomic E-state index is -2.04. The second kappa shape index (κ2) is 11.8. The molecule has 1 saturated carbocycles. The molecule has 0 radical (unpaired) electrons. The van der Waals surface area contributed by atoms with Gasteiger partial charge in [0.2, 0.25) is 0 Å². The van der Waals surface area contributed by atoms with Gasteiger partial charge in [0.1, 0.15) is 0 Å². The Balaban J connectivity index is 1.40. The Bertz CT molecular complexity index is 2800. The van der Waals surface area contributed by atoms with Crippen LogP contribution in [0, 0.1) is 0 Å². The summed E-state index contributed by atoms with van der Waals surface area (Å²) in [6, 6.07) is 25.6. The molecular formula is C45H35N3. The number of hydrogen-bond donors (Lipinski definition) is 0. The molecule has 3 nitrogen and oxygen atoms in total. The van der Waals surface area contributed by atoms with E-state index in [0.29, 0.717) is 39.8 Å². The van der Waals surface area contributed by atoms with Gasteiger partial charge in [0.05, 0.1) is 11.0 Å². The van der Waals surface area contributed by atoms with Gasteiger partial charge in [-0.1, -0.05) is 159 Å². The molecule has 1 spiro atoms. The third-order valence-corrected chi connectivity index (χ3v) is 8.95. The van der Waals surface area contributed by atoms with Crippen LogP contribution in [0.4, 0.5) is 0 Å². The van der Waals surface area contributed by atoms with Gasteiger partial charge in [-0.2, -0.15) is 0 Å². The first-order valence-electron chi connectivity index (χ1n) is 21.9. The minimum absolute atomic E-state index is 0.0834. The maximum absolute atomic E-state index is 10.0. The van der Waals surface area contributed by atoms with Crippen molar-refractivity contribution in [2.45, 2.75) is 37.4 Å². The molecule has 6 aromatic carbocycles. The van der Waals surface area contributed by atoms with Crippen molar-refractivity contribution in [1.82, 2.24) is 15.0 Å². The van der Waals surface area contributed by atoms with Crippen molar-refractivity contribution in [3.8, 4) is 67.5 Å². The van der Waals surface area contributed by atoms with E-state index in [4.69, 9.17) is 21.8 Å². The third-order valence-electron chi connectivity index (χ3n) is 8.95. The van der Waals surface area contributed by atoms with Gasteiger partial charge in [0.25, 0.3) is 0 Å². The fraction of sp³-hybridized carbons (Fsp3) is 0.133. The fourth-order valence-electron chi connectivity index (χ4n) is 6.72. The largest absolute Gasteiger partial charge is 0.208 e. The van der Waals surface area contributed by atoms with Gasteiger partial charge in [-0.05, 0) is 69.4 Å². The van der Waals surface area contributed by atoms with Crippen molar-refractivity contribution in [2.75, 3.05) is 0 Å². The lowest BCUT2D eigenvalue weighted by Gasteiger charge is -2.36. The second-order valence-corrected chi connectivity index (χ2v) is 11.8. The first-order chi connectivity index (χ1) is 28.6. The third kappa shape index (κ3) is 4.86. The van der Waals surface area contributed by atoms with Crippen LogP contribution in [0.15, 0.2) is 151 Å². The molecule has 2 aliphatic carbocycles. The highest BCUT2D eigenvalue weighted by atomic mass is 15.0. The summed E-state index contributed by atoms with van der Waals surface area (Å²) in [4.78, 5) is 14.4. The summed E-state index contributed by atoms with van der Waals surface area (Å²) in [5.74, 6) is 0.259. The van der Waals surface area contributed by atoms with Gasteiger partial charge in [-0.25, -0.2) is 15.0 Å². The molecule has 0 bridgehead atoms. The molecule has 1 heterocycles. The number of hydrogen-bond acceptors (Lipinski definition) is 3. The molecule has 2 aliphatic rings. The molecule has 1 fully saturated rings. The smallest absolute Gasteiger partial charge is 0.164 e. The molecule has 0 N–H and O–H groups in total. The summed E-state index contributed by atoms with van der Waals surface area (Å²) >= 11 is 0. The number of nitrogens with zero attached hydrogens (tertiary/aromatic N) is 3. The number of rotatable bonds is 5. The Morgan fingerprint density at radius 1 is 0.458 bits per heavy atom. The van der Waals surface area contributed by atoms with Gasteiger partial charge in [-0.3, -0.25) is 0 Å². The van der Waals surface area contributed by atoms with E-state index in [0.717, 1.165) is 0 Å². The summed E-state index contributed by atoms with van der Waals surface area (Å²) in [6.45, 7) is 0. The molecule has 230 valence electrons. The second-order valence-electron chi connectivity index (χ2n) is 11.8. The summed E-state index contributed by atoms with van der Waals surface area (Å²) in [5, 5.41) is 0. The lowest BCUT2D eigenvalue weighted by molar-refractivity contribution is 0.353. The van der Waals surface area contributed by atoms with E-state index in [9.17, 15) is 9.60 Å². The highest BCUT2D eigenvalue weighted by Gasteiger charge is 2.43. The van der Waals surface area contributed by atoms with Crippen LogP contribution in [-0.2, 0) is 5.41 Å². The Morgan fingerprint density at radius 3 is 1.79 bits per heavy atom. The minimum Gasteiger partial charge on any atom is -0.208 e. The Hall–Kier alpha value is -5.67. The molecular weight excluding hydrogens is 583 g/mol. The predicted octanol–water partition coefficient (Wildman–Crippen LogP) is 11.4. The molecule has 0 saturated heterocycles. The molecule has 7 aromatic rings. The van der Waals surface area contributed by atoms with Gasteiger partial charge >= 0.3 is 0 Å². The summed E-state index contributed by atoms with van der Waals surface area (Å²) in [5.41, 5.74) is 0.925. The molecule has 0 amide bonds. The van der Waals surface area contributed by atoms with Crippen LogP contribution in [0.3, 0.4) is 0 Å². The molecule has 0 atom stereocenters. The van der Waals surface area contributed by atoms with Gasteiger partial charge in [-0.15, -0.1) is 0 Å². The Morgan fingerprint density at radius 2 is 1.08 bits per heavy atom. The fourth-order valence-corrected chi connectivity index (χ4v) is 6.72. The van der Waals surface area contributed by atoms with Crippen molar-refractivity contribution < 1.29 is 16.4 Å². The average Bonchev–Trinajstić information content (AvgIpc) is 3.55. The van der Waals surface area contributed by atoms with E-state index in [1.165, 1.54) is 0 Å². The maximum Gasteiger partial charge on any atom is 0.164 e. The zero-order valence-electron chi connectivity index (χ0n) is 37.8. The standard InChI is InChI=1S/C45H35N3/c1-5-15-31(16-6-1)36-25-23-34(35-24-26-38-37-21-11-12-22-40(37)45(41(38)30-35)27-13-4-14-28-45)29-39(36)44-47-42(32-17-7-2-8-18-32)46-43(48-44)33-19-9-3-10-20-33/h1-3,5-12,15-26,29-30H,4,13-14,27-28H2/i1D,5D,6D,15D,16D,23D,25D,27D2,28D2,29D. The quantitative estimate of drug-likeness (QED) is 0.190. The maximum atomic E-state index is 10.0. The SMILES string of the molecule is [2H]c1c([2H])c([2H])c(-c2c([2H])c([2H])c(-c3ccc4c(c3)C3(c5ccccc5-4)C([2H])([2H])CCCC3([2H])[2H])c([2H])c2-c2nc(-c3ccccc3)nc(-c3ccccc3)n2)c([2H])c1[2H]. The predicted molar refractivity (Wildman–Crippen MR) is 196 cm³/mol. The van der Waals surface area contributed by atoms with Crippen LogP contribution in [-0.4, -0.2) is 15.0 Å². The van der Waals surface area contributed by atoms with Crippen molar-refractivity contribution >= 4 is 0 Å². The van der Waals surface area contributed by atoms with Crippen molar-refractivity contribution in [3.05, 3.63) is 163 Å². The normalized spacial score (nSPS) is 20.1. The van der Waals surface area contributed by atoms with Crippen molar-refractivity contribution in [3.63, 3.8) is 0 Å². The lowest BCUT2D eigenvalue weighted by atomic mass is 9.67. The number of benzene rings is 6. The van der Waals surface area contributed by atoms with Crippen LogP contribution in [0.5, 0.6) is 0 Å². The molecule has 9 rings (SSSR count). The van der Waals surface area contributed by atoms with Crippen LogP contribution in [0.1, 0.15) is 59.6 Å². The van der Waals surface area contributed by atoms with Crippen LogP contribution >= 0.6 is 0 Å². The van der Waals surface area contributed by atoms with Crippen LogP contribution in [0.2, 0.25) is 0 Å². The highest BCUT2D eigenvalue weighted by Crippen LogP contribution is 2.56. The molecule has 0 unspecified atom stereocenters. The topological polar surface area (TPSA) is 38.7 Å². The van der Waals surface area contributed by atoms with Crippen LogP contribution in [0.25, 0.3) is 67.5 Å². The number of fused-ring (bicyclic) bond motifs is 5. The zero-order chi connectivity index (χ0) is 42.5. The Labute approximate surface area is 298 Å². The molecule has 1 aromatic heterocycles. The van der Waals surface area contributed by atoms with Crippen molar-refractivity contribution in [2.24, 2.45) is 0 Å². The van der Waals surface area contributed by atoms with E-state index < -0.39 is 66.0 Å². The van der Waals surface area contributed by atoms with E-state index in [2.05, 4.69) is 0 Å². The monoisotopic (exact) mass is 629 g/mol. The summed E-state index contributed by atoms with van der Waals surface area (Å²) in [6.07, 6.45) is -3.51. The number of aromatic nitrogens is 3. The van der Waals surface area contributed by atoms with Crippen LogP contribution < -0.4 is 0 Å². The van der Waals surface area contributed by atoms with Gasteiger partial charge in [0.15, 0.2) is 17.5 Å². The summed E-state index contributed by atoms with van der Waals surface area (Å²) < 4.78 is 110. The lowest BCUT2D eigenvalue weighted by Crippen LogP contribution is -2.28.